The third kappa shape index (κ3) is 8.19. The molecule has 0 radical (unpaired) electrons. The van der Waals surface area contributed by atoms with E-state index in [0.717, 1.165) is 36.8 Å². The molecule has 0 aliphatic carbocycles. The molecular formula is C18H33IN4O. The van der Waals surface area contributed by atoms with Gasteiger partial charge in [0, 0.05) is 38.3 Å². The number of nitrogens with zero attached hydrogens (tertiary/aromatic N) is 2. The highest BCUT2D eigenvalue weighted by Gasteiger charge is 2.07. The topological polar surface area (TPSA) is 48.9 Å². The molecule has 138 valence electrons. The standard InChI is InChI=1S/C18H32N4O.HI/c1-6-15(3)22(5)13-12-20-18(19-4)21-14-16-10-8-9-11-17(16)23-7-2;/h8-11,15H,6-7,12-14H2,1-5H3,(H2,19,20,21);1H. The summed E-state index contributed by atoms with van der Waals surface area (Å²) in [4.78, 5) is 6.63. The average Bonchev–Trinajstić information content (AvgIpc) is 2.58. The molecule has 5 nitrogen and oxygen atoms in total. The third-order valence-corrected chi connectivity index (χ3v) is 4.04. The Kier molecular flexibility index (Phi) is 12.7. The number of hydrogen-bond acceptors (Lipinski definition) is 3. The Labute approximate surface area is 164 Å². The highest BCUT2D eigenvalue weighted by atomic mass is 127. The van der Waals surface area contributed by atoms with Gasteiger partial charge in [0.15, 0.2) is 5.96 Å². The molecule has 0 bridgehead atoms. The zero-order valence-corrected chi connectivity index (χ0v) is 18.0. The monoisotopic (exact) mass is 448 g/mol. The lowest BCUT2D eigenvalue weighted by molar-refractivity contribution is 0.255. The van der Waals surface area contributed by atoms with E-state index in [1.165, 1.54) is 0 Å². The zero-order chi connectivity index (χ0) is 17.1. The number of nitrogens with one attached hydrogen (secondary N) is 2. The molecule has 0 fully saturated rings. The molecule has 24 heavy (non-hydrogen) atoms. The van der Waals surface area contributed by atoms with Crippen LogP contribution in [0.1, 0.15) is 32.8 Å². The van der Waals surface area contributed by atoms with E-state index < -0.39 is 0 Å². The fourth-order valence-electron chi connectivity index (χ4n) is 2.23. The summed E-state index contributed by atoms with van der Waals surface area (Å²) in [6, 6.07) is 8.69. The predicted molar refractivity (Wildman–Crippen MR) is 114 cm³/mol. The first-order valence-corrected chi connectivity index (χ1v) is 8.47. The van der Waals surface area contributed by atoms with E-state index in [-0.39, 0.29) is 24.0 Å². The Balaban J connectivity index is 0.00000529. The van der Waals surface area contributed by atoms with Gasteiger partial charge in [-0.2, -0.15) is 0 Å². The summed E-state index contributed by atoms with van der Waals surface area (Å²) in [6.07, 6.45) is 1.16. The molecule has 6 heteroatoms. The van der Waals surface area contributed by atoms with Gasteiger partial charge in [0.2, 0.25) is 0 Å². The summed E-state index contributed by atoms with van der Waals surface area (Å²) >= 11 is 0. The lowest BCUT2D eigenvalue weighted by atomic mass is 10.2. The van der Waals surface area contributed by atoms with Gasteiger partial charge < -0.3 is 20.3 Å². The minimum Gasteiger partial charge on any atom is -0.494 e. The summed E-state index contributed by atoms with van der Waals surface area (Å²) in [7, 11) is 3.95. The quantitative estimate of drug-likeness (QED) is 0.346. The largest absolute Gasteiger partial charge is 0.494 e. The third-order valence-electron chi connectivity index (χ3n) is 4.04. The van der Waals surface area contributed by atoms with Crippen molar-refractivity contribution in [2.45, 2.75) is 39.8 Å². The Morgan fingerprint density at radius 3 is 2.58 bits per heavy atom. The van der Waals surface area contributed by atoms with Crippen molar-refractivity contribution in [3.8, 4) is 5.75 Å². The SMILES string of the molecule is CCOc1ccccc1CNC(=NC)NCCN(C)C(C)CC.I. The van der Waals surface area contributed by atoms with Crippen LogP contribution in [0.2, 0.25) is 0 Å². The van der Waals surface area contributed by atoms with E-state index in [1.54, 1.807) is 7.05 Å². The smallest absolute Gasteiger partial charge is 0.191 e. The number of para-hydroxylation sites is 1. The molecule has 0 aromatic heterocycles. The van der Waals surface area contributed by atoms with Gasteiger partial charge in [-0.25, -0.2) is 0 Å². The van der Waals surface area contributed by atoms with Crippen LogP contribution in [-0.2, 0) is 6.54 Å². The first-order chi connectivity index (χ1) is 11.1. The van der Waals surface area contributed by atoms with E-state index in [0.29, 0.717) is 19.2 Å². The molecule has 0 amide bonds. The van der Waals surface area contributed by atoms with Gasteiger partial charge in [-0.3, -0.25) is 4.99 Å². The summed E-state index contributed by atoms with van der Waals surface area (Å²) in [5.74, 6) is 1.74. The van der Waals surface area contributed by atoms with Gasteiger partial charge in [-0.1, -0.05) is 25.1 Å². The maximum atomic E-state index is 5.65. The molecule has 0 spiro atoms. The molecule has 1 unspecified atom stereocenters. The summed E-state index contributed by atoms with van der Waals surface area (Å²) in [5, 5.41) is 6.70. The fraction of sp³-hybridized carbons (Fsp3) is 0.611. The van der Waals surface area contributed by atoms with Crippen LogP contribution in [0.4, 0.5) is 0 Å². The number of likely N-dealkylation sites (N-methyl/N-ethyl adjacent to an activating group) is 1. The molecule has 1 atom stereocenters. The summed E-state index contributed by atoms with van der Waals surface area (Å²) < 4.78 is 5.65. The van der Waals surface area contributed by atoms with Gasteiger partial charge in [0.1, 0.15) is 5.75 Å². The average molecular weight is 448 g/mol. The van der Waals surface area contributed by atoms with Gasteiger partial charge in [-0.05, 0) is 33.4 Å². The second-order valence-electron chi connectivity index (χ2n) is 5.63. The van der Waals surface area contributed by atoms with Gasteiger partial charge in [0.05, 0.1) is 6.61 Å². The van der Waals surface area contributed by atoms with Crippen molar-refractivity contribution in [3.05, 3.63) is 29.8 Å². The number of benzene rings is 1. The summed E-state index contributed by atoms with van der Waals surface area (Å²) in [6.45, 7) is 9.68. The van der Waals surface area contributed by atoms with Crippen LogP contribution in [0.15, 0.2) is 29.3 Å². The number of ether oxygens (including phenoxy) is 1. The molecule has 0 aliphatic rings. The van der Waals surface area contributed by atoms with Crippen LogP contribution in [0.3, 0.4) is 0 Å². The molecule has 0 saturated carbocycles. The molecule has 0 heterocycles. The minimum absolute atomic E-state index is 0. The lowest BCUT2D eigenvalue weighted by Crippen LogP contribution is -2.42. The lowest BCUT2D eigenvalue weighted by Gasteiger charge is -2.24. The normalized spacial score (nSPS) is 12.5. The van der Waals surface area contributed by atoms with E-state index in [4.69, 9.17) is 4.74 Å². The van der Waals surface area contributed by atoms with Crippen molar-refractivity contribution < 1.29 is 4.74 Å². The fourth-order valence-corrected chi connectivity index (χ4v) is 2.23. The van der Waals surface area contributed by atoms with Crippen molar-refractivity contribution in [2.24, 2.45) is 4.99 Å². The predicted octanol–water partition coefficient (Wildman–Crippen LogP) is 3.10. The molecule has 1 aromatic rings. The first-order valence-electron chi connectivity index (χ1n) is 8.47. The molecule has 0 aliphatic heterocycles. The van der Waals surface area contributed by atoms with Crippen molar-refractivity contribution in [1.29, 1.82) is 0 Å². The van der Waals surface area contributed by atoms with Crippen molar-refractivity contribution in [2.75, 3.05) is 33.8 Å². The van der Waals surface area contributed by atoms with Gasteiger partial charge in [-0.15, -0.1) is 24.0 Å². The van der Waals surface area contributed by atoms with Crippen LogP contribution in [0, 0.1) is 0 Å². The number of rotatable bonds is 9. The maximum Gasteiger partial charge on any atom is 0.191 e. The maximum absolute atomic E-state index is 5.65. The van der Waals surface area contributed by atoms with E-state index in [9.17, 15) is 0 Å². The number of guanidine groups is 1. The number of hydrogen-bond donors (Lipinski definition) is 2. The highest BCUT2D eigenvalue weighted by molar-refractivity contribution is 14.0. The number of aliphatic imine (C=N–C) groups is 1. The van der Waals surface area contributed by atoms with Crippen molar-refractivity contribution >= 4 is 29.9 Å². The van der Waals surface area contributed by atoms with Gasteiger partial charge >= 0.3 is 0 Å². The zero-order valence-electron chi connectivity index (χ0n) is 15.6. The Morgan fingerprint density at radius 2 is 1.96 bits per heavy atom. The Hall–Kier alpha value is -1.02. The van der Waals surface area contributed by atoms with Crippen molar-refractivity contribution in [3.63, 3.8) is 0 Å². The second-order valence-corrected chi connectivity index (χ2v) is 5.63. The summed E-state index contributed by atoms with van der Waals surface area (Å²) in [5.41, 5.74) is 1.13. The van der Waals surface area contributed by atoms with Crippen LogP contribution in [0.25, 0.3) is 0 Å². The molecule has 1 aromatic carbocycles. The second kappa shape index (κ2) is 13.3. The molecule has 1 rings (SSSR count). The molecule has 2 N–H and O–H groups in total. The van der Waals surface area contributed by atoms with Crippen LogP contribution < -0.4 is 15.4 Å². The van der Waals surface area contributed by atoms with E-state index in [2.05, 4.69) is 47.5 Å². The van der Waals surface area contributed by atoms with Crippen LogP contribution in [0.5, 0.6) is 5.75 Å². The van der Waals surface area contributed by atoms with E-state index in [1.807, 2.05) is 25.1 Å². The molecule has 0 saturated heterocycles. The highest BCUT2D eigenvalue weighted by Crippen LogP contribution is 2.17. The van der Waals surface area contributed by atoms with E-state index >= 15 is 0 Å². The Morgan fingerprint density at radius 1 is 1.25 bits per heavy atom. The minimum atomic E-state index is 0. The van der Waals surface area contributed by atoms with Crippen LogP contribution >= 0.6 is 24.0 Å². The Bertz CT molecular complexity index is 482. The van der Waals surface area contributed by atoms with Gasteiger partial charge in [0.25, 0.3) is 0 Å². The van der Waals surface area contributed by atoms with Crippen molar-refractivity contribution in [1.82, 2.24) is 15.5 Å². The number of halogens is 1. The first kappa shape index (κ1) is 23.0. The molecular weight excluding hydrogens is 415 g/mol. The van der Waals surface area contributed by atoms with Crippen LogP contribution in [-0.4, -0.2) is 50.7 Å².